The number of phenols is 1. The van der Waals surface area contributed by atoms with Crippen LogP contribution in [0.4, 0.5) is 10.2 Å². The van der Waals surface area contributed by atoms with Gasteiger partial charge >= 0.3 is 0 Å². The van der Waals surface area contributed by atoms with Crippen molar-refractivity contribution in [2.24, 2.45) is 0 Å². The Morgan fingerprint density at radius 2 is 2.11 bits per heavy atom. The van der Waals surface area contributed by atoms with Crippen molar-refractivity contribution in [1.29, 1.82) is 0 Å². The van der Waals surface area contributed by atoms with Crippen molar-refractivity contribution < 1.29 is 9.50 Å². The maximum Gasteiger partial charge on any atom is 0.152 e. The highest BCUT2D eigenvalue weighted by Crippen LogP contribution is 2.37. The summed E-state index contributed by atoms with van der Waals surface area (Å²) in [6, 6.07) is 3.92. The zero-order chi connectivity index (χ0) is 19.4. The average molecular weight is 399 g/mol. The average Bonchev–Trinajstić information content (AvgIpc) is 3.28. The smallest absolute Gasteiger partial charge is 0.152 e. The van der Waals surface area contributed by atoms with Gasteiger partial charge in [0.2, 0.25) is 0 Å². The molecular weight excluding hydrogens is 377 g/mol. The fourth-order valence-electron chi connectivity index (χ4n) is 4.46. The first kappa shape index (κ1) is 17.8. The van der Waals surface area contributed by atoms with E-state index >= 15 is 0 Å². The first-order chi connectivity index (χ1) is 13.5. The Morgan fingerprint density at radius 3 is 2.89 bits per heavy atom. The molecule has 6 nitrogen and oxygen atoms in total. The van der Waals surface area contributed by atoms with Crippen molar-refractivity contribution in [2.45, 2.75) is 50.5 Å². The molecule has 5 rings (SSSR count). The Hall–Kier alpha value is -2.32. The van der Waals surface area contributed by atoms with Gasteiger partial charge in [0.25, 0.3) is 0 Å². The summed E-state index contributed by atoms with van der Waals surface area (Å²) in [5, 5.41) is 14.9. The molecule has 0 aliphatic carbocycles. The van der Waals surface area contributed by atoms with Gasteiger partial charge in [0, 0.05) is 24.7 Å². The monoisotopic (exact) mass is 399 g/mol. The molecule has 2 bridgehead atoms. The topological polar surface area (TPSA) is 74.2 Å². The molecule has 28 heavy (non-hydrogen) atoms. The number of anilines is 1. The molecule has 8 heteroatoms. The van der Waals surface area contributed by atoms with Crippen LogP contribution < -0.4 is 10.2 Å². The number of phenolic OH excluding ortho intramolecular Hbond substituents is 1. The van der Waals surface area contributed by atoms with E-state index in [1.807, 2.05) is 31.0 Å². The molecule has 4 atom stereocenters. The lowest BCUT2D eigenvalue weighted by molar-refractivity contribution is 0.176. The standard InChI is InChI=1S/C20H22FN5OS/c1-10-24-19-16(28-10)6-4-12(20(19)27)14-8-23-17(9-22-14)26(2)15-7-11-3-5-13(25-11)18(15)21/h4,6,8-9,11,13,15,18,25,27H,3,5,7H2,1-2H3/t11-,13?,15-,18+/m0/s1. The van der Waals surface area contributed by atoms with Crippen LogP contribution in [0.25, 0.3) is 21.5 Å². The number of piperidine rings is 1. The molecule has 1 aromatic carbocycles. The molecule has 0 spiro atoms. The number of nitrogens with zero attached hydrogens (tertiary/aromatic N) is 4. The third kappa shape index (κ3) is 2.82. The van der Waals surface area contributed by atoms with Gasteiger partial charge in [-0.1, -0.05) is 0 Å². The number of thiazole rings is 1. The van der Waals surface area contributed by atoms with E-state index in [1.165, 1.54) is 0 Å². The molecule has 146 valence electrons. The van der Waals surface area contributed by atoms with Gasteiger partial charge in [-0.15, -0.1) is 11.3 Å². The minimum absolute atomic E-state index is 0.0522. The number of benzene rings is 1. The third-order valence-electron chi connectivity index (χ3n) is 5.97. The van der Waals surface area contributed by atoms with Crippen LogP contribution in [0.15, 0.2) is 24.5 Å². The Kier molecular flexibility index (Phi) is 4.21. The van der Waals surface area contributed by atoms with Crippen LogP contribution in [-0.4, -0.2) is 51.4 Å². The first-order valence-electron chi connectivity index (χ1n) is 9.55. The summed E-state index contributed by atoms with van der Waals surface area (Å²) in [6.45, 7) is 1.92. The molecule has 2 saturated heterocycles. The highest BCUT2D eigenvalue weighted by atomic mass is 32.1. The van der Waals surface area contributed by atoms with E-state index in [9.17, 15) is 9.50 Å². The second-order valence-corrected chi connectivity index (χ2v) is 8.94. The van der Waals surface area contributed by atoms with E-state index in [4.69, 9.17) is 0 Å². The van der Waals surface area contributed by atoms with Crippen LogP contribution in [0.3, 0.4) is 0 Å². The summed E-state index contributed by atoms with van der Waals surface area (Å²) >= 11 is 1.54. The number of hydrogen-bond acceptors (Lipinski definition) is 7. The van der Waals surface area contributed by atoms with Crippen LogP contribution in [0, 0.1) is 6.92 Å². The van der Waals surface area contributed by atoms with Crippen molar-refractivity contribution >= 4 is 27.4 Å². The van der Waals surface area contributed by atoms with Crippen molar-refractivity contribution in [1.82, 2.24) is 20.3 Å². The van der Waals surface area contributed by atoms with Crippen LogP contribution in [0.1, 0.15) is 24.3 Å². The molecule has 2 aromatic heterocycles. The summed E-state index contributed by atoms with van der Waals surface area (Å²) in [6.07, 6.45) is 5.09. The number of alkyl halides is 1. The van der Waals surface area contributed by atoms with Crippen LogP contribution in [0.2, 0.25) is 0 Å². The van der Waals surface area contributed by atoms with Crippen LogP contribution >= 0.6 is 11.3 Å². The highest BCUT2D eigenvalue weighted by molar-refractivity contribution is 7.18. The number of rotatable bonds is 3. The molecule has 2 aliphatic rings. The van der Waals surface area contributed by atoms with E-state index in [1.54, 1.807) is 23.7 Å². The van der Waals surface area contributed by atoms with Gasteiger partial charge in [-0.3, -0.25) is 4.98 Å². The van der Waals surface area contributed by atoms with Gasteiger partial charge in [0.15, 0.2) is 5.75 Å². The van der Waals surface area contributed by atoms with Crippen molar-refractivity contribution in [3.8, 4) is 17.0 Å². The van der Waals surface area contributed by atoms with Gasteiger partial charge in [-0.05, 0) is 38.3 Å². The SMILES string of the molecule is Cc1nc2c(O)c(-c3cnc(N(C)[C@H]4C[C@@H]5CCC(N5)[C@H]4F)cn3)ccc2s1. The zero-order valence-corrected chi connectivity index (χ0v) is 16.6. The fraction of sp³-hybridized carbons (Fsp3) is 0.450. The maximum absolute atomic E-state index is 14.8. The summed E-state index contributed by atoms with van der Waals surface area (Å²) in [5.41, 5.74) is 1.76. The van der Waals surface area contributed by atoms with E-state index in [-0.39, 0.29) is 17.8 Å². The minimum Gasteiger partial charge on any atom is -0.505 e. The van der Waals surface area contributed by atoms with Gasteiger partial charge in [0.05, 0.1) is 33.8 Å². The summed E-state index contributed by atoms with van der Waals surface area (Å²) in [4.78, 5) is 15.3. The quantitative estimate of drug-likeness (QED) is 0.703. The second-order valence-electron chi connectivity index (χ2n) is 7.71. The molecule has 2 aliphatic heterocycles. The number of aryl methyl sites for hydroxylation is 1. The largest absolute Gasteiger partial charge is 0.505 e. The summed E-state index contributed by atoms with van der Waals surface area (Å²) < 4.78 is 15.8. The Labute approximate surface area is 166 Å². The van der Waals surface area contributed by atoms with E-state index in [2.05, 4.69) is 20.3 Å². The Bertz CT molecular complexity index is 1020. The second kappa shape index (κ2) is 6.63. The molecule has 0 saturated carbocycles. The van der Waals surface area contributed by atoms with E-state index < -0.39 is 6.17 Å². The highest BCUT2D eigenvalue weighted by Gasteiger charge is 2.43. The predicted molar refractivity (Wildman–Crippen MR) is 109 cm³/mol. The Balaban J connectivity index is 1.42. The van der Waals surface area contributed by atoms with Crippen LogP contribution in [-0.2, 0) is 0 Å². The van der Waals surface area contributed by atoms with Gasteiger partial charge in [0.1, 0.15) is 17.5 Å². The summed E-state index contributed by atoms with van der Waals surface area (Å²) in [5.74, 6) is 0.763. The number of hydrogen-bond donors (Lipinski definition) is 2. The normalized spacial score (nSPS) is 26.7. The van der Waals surface area contributed by atoms with Gasteiger partial charge in [-0.2, -0.15) is 0 Å². The molecule has 0 amide bonds. The number of aromatic hydroxyl groups is 1. The Morgan fingerprint density at radius 1 is 1.25 bits per heavy atom. The predicted octanol–water partition coefficient (Wildman–Crippen LogP) is 3.43. The number of halogens is 1. The van der Waals surface area contributed by atoms with Gasteiger partial charge < -0.3 is 15.3 Å². The maximum atomic E-state index is 14.8. The third-order valence-corrected chi connectivity index (χ3v) is 6.90. The molecule has 0 radical (unpaired) electrons. The molecule has 1 unspecified atom stereocenters. The first-order valence-corrected chi connectivity index (χ1v) is 10.4. The van der Waals surface area contributed by atoms with E-state index in [0.717, 1.165) is 29.0 Å². The lowest BCUT2D eigenvalue weighted by atomic mass is 9.96. The van der Waals surface area contributed by atoms with Crippen molar-refractivity contribution in [2.75, 3.05) is 11.9 Å². The van der Waals surface area contributed by atoms with Gasteiger partial charge in [-0.25, -0.2) is 14.4 Å². The lowest BCUT2D eigenvalue weighted by Gasteiger charge is -2.38. The van der Waals surface area contributed by atoms with Crippen molar-refractivity contribution in [3.05, 3.63) is 29.5 Å². The molecule has 3 aromatic rings. The molecule has 2 fully saturated rings. The van der Waals surface area contributed by atoms with E-state index in [0.29, 0.717) is 28.6 Å². The molecule has 4 heterocycles. The number of aromatic nitrogens is 3. The zero-order valence-electron chi connectivity index (χ0n) is 15.8. The number of fused-ring (bicyclic) bond motifs is 3. The molecule has 2 N–H and O–H groups in total. The van der Waals surface area contributed by atoms with Crippen molar-refractivity contribution in [3.63, 3.8) is 0 Å². The molecular formula is C20H22FN5OS. The fourth-order valence-corrected chi connectivity index (χ4v) is 5.29. The minimum atomic E-state index is -0.912. The number of nitrogens with one attached hydrogen (secondary N) is 1. The summed E-state index contributed by atoms with van der Waals surface area (Å²) in [7, 11) is 1.88. The van der Waals surface area contributed by atoms with Crippen LogP contribution in [0.5, 0.6) is 5.75 Å². The lowest BCUT2D eigenvalue weighted by Crippen LogP contribution is -2.55.